The molecule has 0 aromatic heterocycles. The summed E-state index contributed by atoms with van der Waals surface area (Å²) in [6, 6.07) is 14.3. The van der Waals surface area contributed by atoms with Crippen molar-refractivity contribution in [1.29, 1.82) is 0 Å². The van der Waals surface area contributed by atoms with E-state index in [-0.39, 0.29) is 0 Å². The lowest BCUT2D eigenvalue weighted by atomic mass is 10.1. The average Bonchev–Trinajstić information content (AvgIpc) is 2.17. The third kappa shape index (κ3) is 2.86. The summed E-state index contributed by atoms with van der Waals surface area (Å²) in [5, 5.41) is 0. The van der Waals surface area contributed by atoms with E-state index in [2.05, 4.69) is 68.8 Å². The highest BCUT2D eigenvalue weighted by atomic mass is 79.9. The van der Waals surface area contributed by atoms with Gasteiger partial charge in [-0.2, -0.15) is 0 Å². The summed E-state index contributed by atoms with van der Waals surface area (Å²) in [4.78, 5) is 0.979. The van der Waals surface area contributed by atoms with Crippen molar-refractivity contribution in [3.8, 4) is 11.1 Å². The van der Waals surface area contributed by atoms with E-state index in [1.807, 2.05) is 18.2 Å². The fraction of sp³-hybridized carbons (Fsp3) is 0. The molecule has 2 aromatic rings. The molecular formula is C12H8Br2S. The minimum atomic E-state index is 0.979. The maximum Gasteiger partial charge on any atom is 0.0192 e. The fourth-order valence-corrected chi connectivity index (χ4v) is 2.82. The number of rotatable bonds is 1. The SMILES string of the molecule is Sc1ccc(-c2cc(Br)cc(Br)c2)cc1. The summed E-state index contributed by atoms with van der Waals surface area (Å²) in [6.07, 6.45) is 0. The van der Waals surface area contributed by atoms with Gasteiger partial charge >= 0.3 is 0 Å². The van der Waals surface area contributed by atoms with E-state index < -0.39 is 0 Å². The normalized spacial score (nSPS) is 10.3. The van der Waals surface area contributed by atoms with Crippen LogP contribution in [0, 0.1) is 0 Å². The third-order valence-electron chi connectivity index (χ3n) is 2.06. The van der Waals surface area contributed by atoms with Gasteiger partial charge in [0.1, 0.15) is 0 Å². The molecule has 0 spiro atoms. The van der Waals surface area contributed by atoms with Gasteiger partial charge in [-0.15, -0.1) is 12.6 Å². The molecule has 0 atom stereocenters. The fourth-order valence-electron chi connectivity index (χ4n) is 1.37. The van der Waals surface area contributed by atoms with E-state index in [9.17, 15) is 0 Å². The van der Waals surface area contributed by atoms with Crippen LogP contribution in [0.4, 0.5) is 0 Å². The molecule has 0 bridgehead atoms. The summed E-state index contributed by atoms with van der Waals surface area (Å²) < 4.78 is 2.14. The van der Waals surface area contributed by atoms with Crippen LogP contribution < -0.4 is 0 Å². The Morgan fingerprint density at radius 3 is 1.80 bits per heavy atom. The molecule has 15 heavy (non-hydrogen) atoms. The number of hydrogen-bond acceptors (Lipinski definition) is 1. The first-order valence-corrected chi connectivity index (χ1v) is 6.44. The Balaban J connectivity index is 2.49. The molecule has 0 radical (unpaired) electrons. The van der Waals surface area contributed by atoms with E-state index in [1.165, 1.54) is 11.1 Å². The van der Waals surface area contributed by atoms with Crippen molar-refractivity contribution < 1.29 is 0 Å². The van der Waals surface area contributed by atoms with Crippen LogP contribution in [-0.4, -0.2) is 0 Å². The van der Waals surface area contributed by atoms with Gasteiger partial charge in [0.05, 0.1) is 0 Å². The largest absolute Gasteiger partial charge is 0.143 e. The first-order chi connectivity index (χ1) is 7.15. The predicted octanol–water partition coefficient (Wildman–Crippen LogP) is 5.17. The van der Waals surface area contributed by atoms with Crippen LogP contribution in [0.5, 0.6) is 0 Å². The second kappa shape index (κ2) is 4.73. The lowest BCUT2D eigenvalue weighted by molar-refractivity contribution is 1.46. The molecule has 0 aliphatic rings. The van der Waals surface area contributed by atoms with Gasteiger partial charge in [-0.05, 0) is 41.5 Å². The maximum absolute atomic E-state index is 4.27. The smallest absolute Gasteiger partial charge is 0.0192 e. The Labute approximate surface area is 111 Å². The van der Waals surface area contributed by atoms with Gasteiger partial charge in [-0.1, -0.05) is 44.0 Å². The highest BCUT2D eigenvalue weighted by Gasteiger charge is 2.00. The van der Waals surface area contributed by atoms with Crippen molar-refractivity contribution in [1.82, 2.24) is 0 Å². The van der Waals surface area contributed by atoms with Crippen LogP contribution in [0.15, 0.2) is 56.3 Å². The molecule has 0 nitrogen and oxygen atoms in total. The molecule has 0 saturated heterocycles. The monoisotopic (exact) mass is 342 g/mol. The van der Waals surface area contributed by atoms with Gasteiger partial charge in [0.15, 0.2) is 0 Å². The summed E-state index contributed by atoms with van der Waals surface area (Å²) in [7, 11) is 0. The lowest BCUT2D eigenvalue weighted by Gasteiger charge is -2.04. The minimum absolute atomic E-state index is 0.979. The first-order valence-electron chi connectivity index (χ1n) is 4.40. The predicted molar refractivity (Wildman–Crippen MR) is 74.5 cm³/mol. The minimum Gasteiger partial charge on any atom is -0.143 e. The average molecular weight is 344 g/mol. The zero-order chi connectivity index (χ0) is 10.8. The lowest BCUT2D eigenvalue weighted by Crippen LogP contribution is -1.78. The van der Waals surface area contributed by atoms with E-state index in [4.69, 9.17) is 0 Å². The molecule has 0 unspecified atom stereocenters. The standard InChI is InChI=1S/C12H8Br2S/c13-10-5-9(6-11(14)7-10)8-1-3-12(15)4-2-8/h1-7,15H. The van der Waals surface area contributed by atoms with Crippen LogP contribution in [0.2, 0.25) is 0 Å². The third-order valence-corrected chi connectivity index (χ3v) is 3.28. The Morgan fingerprint density at radius 2 is 1.27 bits per heavy atom. The van der Waals surface area contributed by atoms with Gasteiger partial charge in [-0.3, -0.25) is 0 Å². The summed E-state index contributed by atoms with van der Waals surface area (Å²) in [6.45, 7) is 0. The van der Waals surface area contributed by atoms with Crippen molar-refractivity contribution in [2.24, 2.45) is 0 Å². The number of benzene rings is 2. The van der Waals surface area contributed by atoms with Gasteiger partial charge in [0, 0.05) is 13.8 Å². The van der Waals surface area contributed by atoms with Gasteiger partial charge in [0.2, 0.25) is 0 Å². The van der Waals surface area contributed by atoms with Crippen LogP contribution in [0.25, 0.3) is 11.1 Å². The van der Waals surface area contributed by atoms with E-state index >= 15 is 0 Å². The maximum atomic E-state index is 4.27. The Bertz CT molecular complexity index is 457. The second-order valence-electron chi connectivity index (χ2n) is 3.20. The van der Waals surface area contributed by atoms with Crippen molar-refractivity contribution in [3.63, 3.8) is 0 Å². The zero-order valence-electron chi connectivity index (χ0n) is 7.74. The molecule has 0 heterocycles. The topological polar surface area (TPSA) is 0 Å². The molecule has 0 N–H and O–H groups in total. The van der Waals surface area contributed by atoms with Crippen molar-refractivity contribution >= 4 is 44.5 Å². The van der Waals surface area contributed by atoms with Crippen molar-refractivity contribution in [2.45, 2.75) is 4.90 Å². The molecule has 0 fully saturated rings. The molecule has 0 amide bonds. The molecule has 0 saturated carbocycles. The molecule has 76 valence electrons. The van der Waals surface area contributed by atoms with Crippen LogP contribution in [0.3, 0.4) is 0 Å². The highest BCUT2D eigenvalue weighted by molar-refractivity contribution is 9.11. The van der Waals surface area contributed by atoms with Crippen molar-refractivity contribution in [2.75, 3.05) is 0 Å². The van der Waals surface area contributed by atoms with Crippen LogP contribution >= 0.6 is 44.5 Å². The van der Waals surface area contributed by atoms with Crippen LogP contribution in [0.1, 0.15) is 0 Å². The van der Waals surface area contributed by atoms with E-state index in [0.29, 0.717) is 0 Å². The van der Waals surface area contributed by atoms with E-state index in [1.54, 1.807) is 0 Å². The molecule has 2 aromatic carbocycles. The molecule has 0 aliphatic heterocycles. The second-order valence-corrected chi connectivity index (χ2v) is 5.55. The quantitative estimate of drug-likeness (QED) is 0.678. The number of halogens is 2. The van der Waals surface area contributed by atoms with Gasteiger partial charge in [-0.25, -0.2) is 0 Å². The Kier molecular flexibility index (Phi) is 3.54. The van der Waals surface area contributed by atoms with E-state index in [0.717, 1.165) is 13.8 Å². The first kappa shape index (κ1) is 11.2. The molecule has 2 rings (SSSR count). The van der Waals surface area contributed by atoms with Crippen molar-refractivity contribution in [3.05, 3.63) is 51.4 Å². The number of thiol groups is 1. The zero-order valence-corrected chi connectivity index (χ0v) is 11.8. The number of hydrogen-bond donors (Lipinski definition) is 1. The van der Waals surface area contributed by atoms with Crippen LogP contribution in [-0.2, 0) is 0 Å². The Hall–Kier alpha value is -0.250. The molecule has 0 aliphatic carbocycles. The Morgan fingerprint density at radius 1 is 0.733 bits per heavy atom. The summed E-state index contributed by atoms with van der Waals surface area (Å²) in [5.41, 5.74) is 2.37. The molecule has 3 heteroatoms. The van der Waals surface area contributed by atoms with Gasteiger partial charge < -0.3 is 0 Å². The molecular weight excluding hydrogens is 336 g/mol. The van der Waals surface area contributed by atoms with Gasteiger partial charge in [0.25, 0.3) is 0 Å². The summed E-state index contributed by atoms with van der Waals surface area (Å²) >= 11 is 11.2. The highest BCUT2D eigenvalue weighted by Crippen LogP contribution is 2.28. The summed E-state index contributed by atoms with van der Waals surface area (Å²) in [5.74, 6) is 0.